The van der Waals surface area contributed by atoms with Crippen molar-refractivity contribution >= 4 is 11.2 Å². The zero-order valence-corrected chi connectivity index (χ0v) is 19.8. The fourth-order valence-electron chi connectivity index (χ4n) is 5.12. The average molecular weight is 468 g/mol. The van der Waals surface area contributed by atoms with Gasteiger partial charge in [-0.05, 0) is 29.8 Å². The summed E-state index contributed by atoms with van der Waals surface area (Å²) in [5.41, 5.74) is 8.96. The molecule has 0 saturated carbocycles. The van der Waals surface area contributed by atoms with E-state index in [1.54, 1.807) is 12.4 Å². The van der Waals surface area contributed by atoms with Crippen molar-refractivity contribution in [2.75, 3.05) is 0 Å². The van der Waals surface area contributed by atoms with E-state index in [4.69, 9.17) is 14.4 Å². The largest absolute Gasteiger partial charge is 0.416 e. The van der Waals surface area contributed by atoms with Crippen LogP contribution in [0, 0.1) is 0 Å². The minimum absolute atomic E-state index is 0.218. The minimum Gasteiger partial charge on any atom is -0.416 e. The highest BCUT2D eigenvalue weighted by atomic mass is 16.4. The smallest absolute Gasteiger partial charge is 0.248 e. The van der Waals surface area contributed by atoms with Crippen LogP contribution >= 0.6 is 0 Å². The van der Waals surface area contributed by atoms with Gasteiger partial charge in [0.05, 0.1) is 11.4 Å². The molecule has 7 rings (SSSR count). The van der Waals surface area contributed by atoms with Crippen molar-refractivity contribution in [1.29, 1.82) is 0 Å². The van der Waals surface area contributed by atoms with Crippen LogP contribution in [0.5, 0.6) is 0 Å². The summed E-state index contributed by atoms with van der Waals surface area (Å²) >= 11 is 0. The van der Waals surface area contributed by atoms with Crippen LogP contribution in [0.15, 0.2) is 95.7 Å². The molecule has 1 aliphatic rings. The quantitative estimate of drug-likeness (QED) is 0.288. The number of pyridine rings is 2. The third kappa shape index (κ3) is 3.08. The van der Waals surface area contributed by atoms with E-state index in [0.29, 0.717) is 28.6 Å². The normalized spacial score (nSPS) is 13.5. The lowest BCUT2D eigenvalue weighted by molar-refractivity contribution is 0.605. The molecule has 172 valence electrons. The Labute approximate surface area is 207 Å². The van der Waals surface area contributed by atoms with E-state index >= 15 is 0 Å². The molecule has 6 nitrogen and oxygen atoms in total. The SMILES string of the molecule is CC1(C)c2ccccc2-c2nc(-c3ccnc(-c4nc5cccnc5o4)c3)nc(-c3ccccc3)c21. The van der Waals surface area contributed by atoms with Gasteiger partial charge < -0.3 is 4.42 Å². The predicted molar refractivity (Wildman–Crippen MR) is 139 cm³/mol. The van der Waals surface area contributed by atoms with Crippen molar-refractivity contribution in [2.45, 2.75) is 19.3 Å². The summed E-state index contributed by atoms with van der Waals surface area (Å²) in [7, 11) is 0. The molecule has 4 heterocycles. The van der Waals surface area contributed by atoms with Crippen LogP contribution in [-0.4, -0.2) is 24.9 Å². The highest BCUT2D eigenvalue weighted by Gasteiger charge is 2.39. The second-order valence-corrected chi connectivity index (χ2v) is 9.43. The van der Waals surface area contributed by atoms with Crippen LogP contribution < -0.4 is 0 Å². The lowest BCUT2D eigenvalue weighted by Crippen LogP contribution is -2.17. The molecular formula is C30H21N5O. The second-order valence-electron chi connectivity index (χ2n) is 9.43. The molecule has 0 spiro atoms. The maximum absolute atomic E-state index is 5.86. The highest BCUT2D eigenvalue weighted by molar-refractivity contribution is 5.86. The van der Waals surface area contributed by atoms with Crippen LogP contribution in [-0.2, 0) is 5.41 Å². The van der Waals surface area contributed by atoms with Gasteiger partial charge in [-0.2, -0.15) is 0 Å². The Morgan fingerprint density at radius 3 is 2.36 bits per heavy atom. The Hall–Kier alpha value is -4.71. The van der Waals surface area contributed by atoms with E-state index in [9.17, 15) is 0 Å². The number of nitrogens with zero attached hydrogens (tertiary/aromatic N) is 5. The van der Waals surface area contributed by atoms with E-state index < -0.39 is 0 Å². The topological polar surface area (TPSA) is 77.6 Å². The van der Waals surface area contributed by atoms with Gasteiger partial charge in [0.15, 0.2) is 5.82 Å². The summed E-state index contributed by atoms with van der Waals surface area (Å²) in [5.74, 6) is 1.06. The van der Waals surface area contributed by atoms with Crippen LogP contribution in [0.1, 0.15) is 25.0 Å². The molecular weight excluding hydrogens is 446 g/mol. The van der Waals surface area contributed by atoms with Gasteiger partial charge in [0, 0.05) is 40.1 Å². The van der Waals surface area contributed by atoms with Crippen LogP contribution in [0.3, 0.4) is 0 Å². The summed E-state index contributed by atoms with van der Waals surface area (Å²) in [5, 5.41) is 0. The fourth-order valence-corrected chi connectivity index (χ4v) is 5.12. The Bertz CT molecular complexity index is 1740. The Balaban J connectivity index is 1.45. The number of hydrogen-bond donors (Lipinski definition) is 0. The van der Waals surface area contributed by atoms with Gasteiger partial charge in [0.25, 0.3) is 0 Å². The molecule has 0 saturated heterocycles. The fraction of sp³-hybridized carbons (Fsp3) is 0.100. The van der Waals surface area contributed by atoms with Crippen molar-refractivity contribution in [3.63, 3.8) is 0 Å². The van der Waals surface area contributed by atoms with Crippen LogP contribution in [0.2, 0.25) is 0 Å². The molecule has 0 unspecified atom stereocenters. The molecule has 0 fully saturated rings. The summed E-state index contributed by atoms with van der Waals surface area (Å²) < 4.78 is 5.86. The van der Waals surface area contributed by atoms with E-state index in [1.165, 1.54) is 5.56 Å². The van der Waals surface area contributed by atoms with Gasteiger partial charge in [-0.3, -0.25) is 4.98 Å². The van der Waals surface area contributed by atoms with Crippen LogP contribution in [0.25, 0.3) is 56.7 Å². The first kappa shape index (κ1) is 20.6. The number of rotatable bonds is 3. The van der Waals surface area contributed by atoms with Crippen molar-refractivity contribution in [1.82, 2.24) is 24.9 Å². The van der Waals surface area contributed by atoms with Gasteiger partial charge in [-0.1, -0.05) is 68.4 Å². The van der Waals surface area contributed by atoms with Crippen molar-refractivity contribution < 1.29 is 4.42 Å². The average Bonchev–Trinajstić information content (AvgIpc) is 3.46. The molecule has 0 amide bonds. The monoisotopic (exact) mass is 467 g/mol. The zero-order valence-electron chi connectivity index (χ0n) is 19.8. The van der Waals surface area contributed by atoms with Gasteiger partial charge in [0.1, 0.15) is 11.2 Å². The maximum atomic E-state index is 5.86. The number of aromatic nitrogens is 5. The lowest BCUT2D eigenvalue weighted by atomic mass is 9.81. The number of benzene rings is 2. The number of fused-ring (bicyclic) bond motifs is 4. The van der Waals surface area contributed by atoms with Crippen LogP contribution in [0.4, 0.5) is 0 Å². The first-order valence-corrected chi connectivity index (χ1v) is 11.9. The first-order valence-electron chi connectivity index (χ1n) is 11.9. The van der Waals surface area contributed by atoms with E-state index in [-0.39, 0.29) is 5.41 Å². The second kappa shape index (κ2) is 7.65. The third-order valence-electron chi connectivity index (χ3n) is 6.84. The molecule has 6 aromatic rings. The molecule has 0 atom stereocenters. The predicted octanol–water partition coefficient (Wildman–Crippen LogP) is 6.72. The molecule has 0 radical (unpaired) electrons. The highest BCUT2D eigenvalue weighted by Crippen LogP contribution is 2.51. The van der Waals surface area contributed by atoms with Gasteiger partial charge in [-0.15, -0.1) is 0 Å². The summed E-state index contributed by atoms with van der Waals surface area (Å²) in [4.78, 5) is 23.6. The van der Waals surface area contributed by atoms with Gasteiger partial charge in [-0.25, -0.2) is 19.9 Å². The molecule has 2 aromatic carbocycles. The van der Waals surface area contributed by atoms with Gasteiger partial charge in [0.2, 0.25) is 11.6 Å². The molecule has 1 aliphatic carbocycles. The number of oxazole rings is 1. The molecule has 0 aliphatic heterocycles. The molecule has 6 heteroatoms. The first-order chi connectivity index (χ1) is 17.6. The third-order valence-corrected chi connectivity index (χ3v) is 6.84. The molecule has 4 aromatic heterocycles. The molecule has 36 heavy (non-hydrogen) atoms. The molecule has 0 bridgehead atoms. The van der Waals surface area contributed by atoms with E-state index in [0.717, 1.165) is 33.6 Å². The minimum atomic E-state index is -0.218. The summed E-state index contributed by atoms with van der Waals surface area (Å²) in [6.07, 6.45) is 3.42. The van der Waals surface area contributed by atoms with E-state index in [2.05, 4.69) is 65.2 Å². The van der Waals surface area contributed by atoms with E-state index in [1.807, 2.05) is 42.5 Å². The zero-order chi connectivity index (χ0) is 24.3. The Kier molecular flexibility index (Phi) is 4.39. The standard InChI is InChI=1S/C30H21N5O/c1-30(2)21-12-7-6-11-20(21)26-24(30)25(18-9-4-3-5-10-18)34-27(35-26)19-14-16-31-23(17-19)29-33-22-13-8-15-32-28(22)36-29/h3-17H,1-2H3. The van der Waals surface area contributed by atoms with Crippen molar-refractivity contribution in [2.24, 2.45) is 0 Å². The van der Waals surface area contributed by atoms with Crippen molar-refractivity contribution in [3.05, 3.63) is 102 Å². The number of hydrogen-bond acceptors (Lipinski definition) is 6. The summed E-state index contributed by atoms with van der Waals surface area (Å²) in [6, 6.07) is 26.4. The summed E-state index contributed by atoms with van der Waals surface area (Å²) in [6.45, 7) is 4.50. The lowest BCUT2D eigenvalue weighted by Gasteiger charge is -2.23. The van der Waals surface area contributed by atoms with Gasteiger partial charge >= 0.3 is 0 Å². The maximum Gasteiger partial charge on any atom is 0.248 e. The van der Waals surface area contributed by atoms with Crippen molar-refractivity contribution in [3.8, 4) is 45.5 Å². The Morgan fingerprint density at radius 2 is 1.50 bits per heavy atom. The molecule has 0 N–H and O–H groups in total. The Morgan fingerprint density at radius 1 is 0.694 bits per heavy atom.